The highest BCUT2D eigenvalue weighted by Crippen LogP contribution is 2.22. The number of piperazine rings is 2. The molecule has 1 N–H and O–H groups in total. The molecule has 2 aliphatic rings. The molecule has 2 fully saturated rings. The van der Waals surface area contributed by atoms with E-state index in [0.717, 1.165) is 24.7 Å². The monoisotopic (exact) mass is 321 g/mol. The van der Waals surface area contributed by atoms with Crippen LogP contribution in [0.25, 0.3) is 0 Å². The second-order valence-electron chi connectivity index (χ2n) is 6.08. The van der Waals surface area contributed by atoms with Gasteiger partial charge < -0.3 is 10.2 Å². The Morgan fingerprint density at radius 2 is 2.18 bits per heavy atom. The van der Waals surface area contributed by atoms with Gasteiger partial charge in [-0.15, -0.1) is 0 Å². The third kappa shape index (κ3) is 3.10. The molecule has 1 aromatic rings. The largest absolute Gasteiger partial charge is 0.346 e. The maximum absolute atomic E-state index is 11.8. The first-order chi connectivity index (χ1) is 10.5. The van der Waals surface area contributed by atoms with E-state index in [1.165, 1.54) is 5.56 Å². The molecular formula is C16H20ClN3O2. The molecule has 1 aromatic carbocycles. The van der Waals surface area contributed by atoms with E-state index < -0.39 is 11.8 Å². The molecule has 22 heavy (non-hydrogen) atoms. The summed E-state index contributed by atoms with van der Waals surface area (Å²) in [5, 5.41) is 3.43. The van der Waals surface area contributed by atoms with Crippen LogP contribution in [-0.2, 0) is 9.59 Å². The van der Waals surface area contributed by atoms with Crippen LogP contribution < -0.4 is 5.32 Å². The zero-order chi connectivity index (χ0) is 15.7. The fraction of sp³-hybridized carbons (Fsp3) is 0.500. The summed E-state index contributed by atoms with van der Waals surface area (Å²) in [5.41, 5.74) is 1.22. The third-order valence-electron chi connectivity index (χ3n) is 4.47. The van der Waals surface area contributed by atoms with Gasteiger partial charge in [-0.3, -0.25) is 14.5 Å². The molecule has 2 atom stereocenters. The summed E-state index contributed by atoms with van der Waals surface area (Å²) >= 11 is 6.05. The lowest BCUT2D eigenvalue weighted by Crippen LogP contribution is -2.65. The maximum atomic E-state index is 11.8. The molecule has 3 rings (SSSR count). The summed E-state index contributed by atoms with van der Waals surface area (Å²) in [6.07, 6.45) is 0. The number of rotatable bonds is 3. The quantitative estimate of drug-likeness (QED) is 0.848. The molecule has 6 heteroatoms. The predicted molar refractivity (Wildman–Crippen MR) is 84.8 cm³/mol. The zero-order valence-corrected chi connectivity index (χ0v) is 13.3. The highest BCUT2D eigenvalue weighted by atomic mass is 35.5. The van der Waals surface area contributed by atoms with Gasteiger partial charge >= 0.3 is 11.8 Å². The van der Waals surface area contributed by atoms with E-state index in [9.17, 15) is 9.59 Å². The molecule has 5 nitrogen and oxygen atoms in total. The fourth-order valence-corrected chi connectivity index (χ4v) is 3.45. The molecular weight excluding hydrogens is 302 g/mol. The predicted octanol–water partition coefficient (Wildman–Crippen LogP) is 1.09. The van der Waals surface area contributed by atoms with Crippen molar-refractivity contribution in [2.75, 3.05) is 32.7 Å². The Labute approximate surface area is 135 Å². The van der Waals surface area contributed by atoms with Crippen LogP contribution >= 0.6 is 11.6 Å². The normalized spacial score (nSPS) is 23.9. The lowest BCUT2D eigenvalue weighted by atomic mass is 9.99. The summed E-state index contributed by atoms with van der Waals surface area (Å²) in [4.78, 5) is 27.3. The summed E-state index contributed by atoms with van der Waals surface area (Å²) in [6.45, 7) is 5.89. The Morgan fingerprint density at radius 1 is 1.36 bits per heavy atom. The van der Waals surface area contributed by atoms with Crippen molar-refractivity contribution in [1.82, 2.24) is 15.1 Å². The molecule has 0 aliphatic carbocycles. The van der Waals surface area contributed by atoms with Crippen LogP contribution in [0, 0.1) is 0 Å². The van der Waals surface area contributed by atoms with Gasteiger partial charge in [0.15, 0.2) is 0 Å². The number of nitrogens with one attached hydrogen (secondary N) is 1. The number of fused-ring (bicyclic) bond motifs is 1. The van der Waals surface area contributed by atoms with Gasteiger partial charge in [-0.25, -0.2) is 0 Å². The van der Waals surface area contributed by atoms with E-state index in [2.05, 4.69) is 23.2 Å². The smallest absolute Gasteiger partial charge is 0.312 e. The van der Waals surface area contributed by atoms with Gasteiger partial charge in [-0.1, -0.05) is 30.7 Å². The van der Waals surface area contributed by atoms with E-state index in [-0.39, 0.29) is 6.04 Å². The molecule has 0 unspecified atom stereocenters. The molecule has 0 bridgehead atoms. The standard InChI is InChI=1S/C16H20ClN3O2/c1-11(12-3-2-4-13(17)7-12)9-19-5-6-20-14(10-19)8-18-15(21)16(20)22/h2-4,7,11,14H,5-6,8-10H2,1H3,(H,18,21)/t11-,14-/m1/s1. The van der Waals surface area contributed by atoms with Crippen LogP contribution in [0.3, 0.4) is 0 Å². The molecule has 2 amide bonds. The highest BCUT2D eigenvalue weighted by molar-refractivity contribution is 6.35. The Morgan fingerprint density at radius 3 is 2.95 bits per heavy atom. The van der Waals surface area contributed by atoms with Crippen molar-refractivity contribution in [1.29, 1.82) is 0 Å². The van der Waals surface area contributed by atoms with Gasteiger partial charge in [0.25, 0.3) is 0 Å². The van der Waals surface area contributed by atoms with Crippen molar-refractivity contribution in [3.63, 3.8) is 0 Å². The maximum Gasteiger partial charge on any atom is 0.312 e. The first-order valence-electron chi connectivity index (χ1n) is 7.61. The van der Waals surface area contributed by atoms with Gasteiger partial charge in [-0.2, -0.15) is 0 Å². The second-order valence-corrected chi connectivity index (χ2v) is 6.51. The minimum atomic E-state index is -0.475. The van der Waals surface area contributed by atoms with E-state index in [4.69, 9.17) is 11.6 Å². The van der Waals surface area contributed by atoms with E-state index in [0.29, 0.717) is 19.0 Å². The third-order valence-corrected chi connectivity index (χ3v) is 4.71. The van der Waals surface area contributed by atoms with Gasteiger partial charge in [-0.05, 0) is 23.6 Å². The van der Waals surface area contributed by atoms with Crippen LogP contribution in [-0.4, -0.2) is 60.4 Å². The number of halogens is 1. The number of amides is 2. The number of carbonyl (C=O) groups excluding carboxylic acids is 2. The van der Waals surface area contributed by atoms with E-state index in [1.54, 1.807) is 4.90 Å². The Hall–Kier alpha value is -1.59. The van der Waals surface area contributed by atoms with Crippen molar-refractivity contribution < 1.29 is 9.59 Å². The average molecular weight is 322 g/mol. The number of nitrogens with zero attached hydrogens (tertiary/aromatic N) is 2. The lowest BCUT2D eigenvalue weighted by molar-refractivity contribution is -0.152. The van der Waals surface area contributed by atoms with Crippen LogP contribution in [0.2, 0.25) is 5.02 Å². The highest BCUT2D eigenvalue weighted by Gasteiger charge is 2.37. The molecule has 0 radical (unpaired) electrons. The van der Waals surface area contributed by atoms with Crippen molar-refractivity contribution >= 4 is 23.4 Å². The van der Waals surface area contributed by atoms with Gasteiger partial charge in [0, 0.05) is 37.7 Å². The Balaban J connectivity index is 1.61. The van der Waals surface area contributed by atoms with Crippen molar-refractivity contribution in [3.8, 4) is 0 Å². The summed E-state index contributed by atoms with van der Waals surface area (Å²) in [7, 11) is 0. The summed E-state index contributed by atoms with van der Waals surface area (Å²) < 4.78 is 0. The van der Waals surface area contributed by atoms with Crippen LogP contribution in [0.4, 0.5) is 0 Å². The van der Waals surface area contributed by atoms with E-state index in [1.807, 2.05) is 18.2 Å². The lowest BCUT2D eigenvalue weighted by Gasteiger charge is -2.44. The van der Waals surface area contributed by atoms with Gasteiger partial charge in [0.05, 0.1) is 6.04 Å². The van der Waals surface area contributed by atoms with Crippen molar-refractivity contribution in [3.05, 3.63) is 34.9 Å². The molecule has 2 heterocycles. The summed E-state index contributed by atoms with van der Waals surface area (Å²) in [6, 6.07) is 8.05. The first kappa shape index (κ1) is 15.3. The summed E-state index contributed by atoms with van der Waals surface area (Å²) in [5.74, 6) is -0.491. The van der Waals surface area contributed by atoms with E-state index >= 15 is 0 Å². The number of hydrogen-bond acceptors (Lipinski definition) is 3. The molecule has 0 spiro atoms. The first-order valence-corrected chi connectivity index (χ1v) is 7.99. The number of benzene rings is 1. The van der Waals surface area contributed by atoms with Gasteiger partial charge in [0.2, 0.25) is 0 Å². The molecule has 0 saturated carbocycles. The zero-order valence-electron chi connectivity index (χ0n) is 12.6. The minimum absolute atomic E-state index is 0.0884. The Bertz CT molecular complexity index is 593. The van der Waals surface area contributed by atoms with Crippen LogP contribution in [0.1, 0.15) is 18.4 Å². The van der Waals surface area contributed by atoms with Crippen LogP contribution in [0.5, 0.6) is 0 Å². The van der Waals surface area contributed by atoms with Crippen molar-refractivity contribution in [2.24, 2.45) is 0 Å². The van der Waals surface area contributed by atoms with Crippen LogP contribution in [0.15, 0.2) is 24.3 Å². The molecule has 2 aliphatic heterocycles. The number of carbonyl (C=O) groups is 2. The van der Waals surface area contributed by atoms with Gasteiger partial charge in [0.1, 0.15) is 0 Å². The average Bonchev–Trinajstić information content (AvgIpc) is 2.51. The fourth-order valence-electron chi connectivity index (χ4n) is 3.25. The second kappa shape index (κ2) is 6.26. The number of hydrogen-bond donors (Lipinski definition) is 1. The van der Waals surface area contributed by atoms with Crippen molar-refractivity contribution in [2.45, 2.75) is 18.9 Å². The SMILES string of the molecule is C[C@H](CN1CCN2C(=O)C(=O)NC[C@@H]2C1)c1cccc(Cl)c1. The Kier molecular flexibility index (Phi) is 4.36. The molecule has 118 valence electrons. The minimum Gasteiger partial charge on any atom is -0.346 e. The topological polar surface area (TPSA) is 52.7 Å². The molecule has 0 aromatic heterocycles. The molecule has 2 saturated heterocycles.